The predicted octanol–water partition coefficient (Wildman–Crippen LogP) is 3.71. The van der Waals surface area contributed by atoms with Crippen molar-refractivity contribution in [1.82, 2.24) is 20.0 Å². The van der Waals surface area contributed by atoms with Gasteiger partial charge in [0.05, 0.1) is 23.9 Å². The number of hydrogen-bond acceptors (Lipinski definition) is 6. The van der Waals surface area contributed by atoms with Crippen LogP contribution in [-0.4, -0.2) is 52.0 Å². The minimum absolute atomic E-state index is 0.0475. The summed E-state index contributed by atoms with van der Waals surface area (Å²) in [6.07, 6.45) is 5.58. The zero-order valence-electron chi connectivity index (χ0n) is 20.6. The highest BCUT2D eigenvalue weighted by Crippen LogP contribution is 2.33. The molecule has 2 aromatic heterocycles. The van der Waals surface area contributed by atoms with Gasteiger partial charge in [0, 0.05) is 48.8 Å². The Hall–Kier alpha value is -3.79. The first-order valence-electron chi connectivity index (χ1n) is 12.2. The van der Waals surface area contributed by atoms with E-state index in [-0.39, 0.29) is 36.5 Å². The number of hydrogen-bond donors (Lipinski definition) is 1. The molecule has 2 saturated heterocycles. The Labute approximate surface area is 219 Å². The quantitative estimate of drug-likeness (QED) is 0.372. The summed E-state index contributed by atoms with van der Waals surface area (Å²) in [7, 11) is 0. The summed E-state index contributed by atoms with van der Waals surface area (Å²) in [6.45, 7) is 5.12. The second-order valence-corrected chi connectivity index (χ2v) is 10.00. The van der Waals surface area contributed by atoms with Gasteiger partial charge in [-0.1, -0.05) is 23.7 Å². The molecule has 0 radical (unpaired) electrons. The normalized spacial score (nSPS) is 19.0. The van der Waals surface area contributed by atoms with Gasteiger partial charge in [-0.05, 0) is 31.5 Å². The lowest BCUT2D eigenvalue weighted by Gasteiger charge is -2.32. The summed E-state index contributed by atoms with van der Waals surface area (Å²) in [6, 6.07) is 8.67. The lowest BCUT2D eigenvalue weighted by molar-refractivity contribution is -0.607. The average Bonchev–Trinajstić information content (AvgIpc) is 3.52. The van der Waals surface area contributed by atoms with Crippen LogP contribution in [0.4, 0.5) is 4.79 Å². The molecule has 2 atom stereocenters. The van der Waals surface area contributed by atoms with E-state index < -0.39 is 5.91 Å². The number of carbonyl (C=O) groups is 2. The third-order valence-electron chi connectivity index (χ3n) is 6.65. The maximum absolute atomic E-state index is 13.0. The van der Waals surface area contributed by atoms with Gasteiger partial charge in [0.15, 0.2) is 6.20 Å². The number of carbonyl (C=O) groups excluding carboxylic acids is 2. The van der Waals surface area contributed by atoms with Crippen molar-refractivity contribution in [1.29, 1.82) is 0 Å². The molecule has 0 saturated carbocycles. The van der Waals surface area contributed by atoms with Crippen LogP contribution in [0.5, 0.6) is 5.75 Å². The van der Waals surface area contributed by atoms with E-state index in [0.29, 0.717) is 52.6 Å². The molecule has 10 nitrogen and oxygen atoms in total. The molecule has 194 valence electrons. The fourth-order valence-electron chi connectivity index (χ4n) is 4.58. The summed E-state index contributed by atoms with van der Waals surface area (Å²) in [5.41, 5.74) is 2.01. The largest absolute Gasteiger partial charge is 0.618 e. The fourth-order valence-corrected chi connectivity index (χ4v) is 4.71. The third kappa shape index (κ3) is 5.34. The van der Waals surface area contributed by atoms with E-state index in [9.17, 15) is 14.8 Å². The fraction of sp³-hybridized carbons (Fsp3) is 0.385. The van der Waals surface area contributed by atoms with E-state index in [4.69, 9.17) is 21.1 Å². The molecule has 0 unspecified atom stereocenters. The third-order valence-corrected chi connectivity index (χ3v) is 6.90. The highest BCUT2D eigenvalue weighted by atomic mass is 35.5. The Kier molecular flexibility index (Phi) is 6.92. The topological polar surface area (TPSA) is 113 Å². The summed E-state index contributed by atoms with van der Waals surface area (Å²) in [5.74, 6) is -0.112. The molecule has 37 heavy (non-hydrogen) atoms. The van der Waals surface area contributed by atoms with E-state index in [1.54, 1.807) is 27.9 Å². The van der Waals surface area contributed by atoms with Gasteiger partial charge in [0.2, 0.25) is 0 Å². The molecule has 11 heteroatoms. The number of fused-ring (bicyclic) bond motifs is 1. The zero-order valence-corrected chi connectivity index (χ0v) is 21.4. The van der Waals surface area contributed by atoms with Gasteiger partial charge < -0.3 is 24.9 Å². The van der Waals surface area contributed by atoms with Gasteiger partial charge >= 0.3 is 12.0 Å². The van der Waals surface area contributed by atoms with Crippen LogP contribution in [0, 0.1) is 5.21 Å². The van der Waals surface area contributed by atoms with Crippen molar-refractivity contribution in [3.05, 3.63) is 70.4 Å². The van der Waals surface area contributed by atoms with Crippen LogP contribution in [0.1, 0.15) is 48.8 Å². The molecule has 2 fully saturated rings. The predicted molar refractivity (Wildman–Crippen MR) is 135 cm³/mol. The average molecular weight is 526 g/mol. The van der Waals surface area contributed by atoms with Crippen LogP contribution >= 0.6 is 11.6 Å². The molecule has 0 spiro atoms. The zero-order chi connectivity index (χ0) is 26.1. The van der Waals surface area contributed by atoms with Crippen LogP contribution in [0.25, 0.3) is 11.1 Å². The number of halogens is 1. The number of pyridine rings is 1. The molecule has 1 N–H and O–H groups in total. The van der Waals surface area contributed by atoms with Gasteiger partial charge in [-0.3, -0.25) is 9.48 Å². The molecular weight excluding hydrogens is 498 g/mol. The standard InChI is InChI=1S/C26H28ClN5O5/c1-16(2)31-13-18(12-29-31)22-14-32(35)23(25(33)28-11-17-3-5-19(27)6-4-17)10-24(22)37-21-7-8-30-20(9-21)15-36-26(30)34/h3-6,10,12-14,16,20-21H,7-9,11,15H2,1-2H3,(H,28,33)/t20-,21-/m0/s1. The van der Waals surface area contributed by atoms with Crippen LogP contribution in [-0.2, 0) is 11.3 Å². The van der Waals surface area contributed by atoms with Crippen LogP contribution in [0.15, 0.2) is 48.9 Å². The smallest absolute Gasteiger partial charge is 0.410 e. The molecule has 2 amide bonds. The van der Waals surface area contributed by atoms with Crippen molar-refractivity contribution >= 4 is 23.6 Å². The molecule has 0 aliphatic carbocycles. The first kappa shape index (κ1) is 24.9. The lowest BCUT2D eigenvalue weighted by atomic mass is 10.0. The van der Waals surface area contributed by atoms with Gasteiger partial charge in [0.25, 0.3) is 5.69 Å². The Morgan fingerprint density at radius 3 is 2.86 bits per heavy atom. The van der Waals surface area contributed by atoms with Gasteiger partial charge in [-0.15, -0.1) is 0 Å². The SMILES string of the molecule is CC(C)n1cc(-c2c[n+]([O-])c(C(=O)NCc3ccc(Cl)cc3)cc2O[C@H]2CCN3C(=O)OC[C@@H]3C2)cn1. The first-order valence-corrected chi connectivity index (χ1v) is 12.6. The van der Waals surface area contributed by atoms with Crippen molar-refractivity contribution in [3.63, 3.8) is 0 Å². The maximum atomic E-state index is 13.0. The van der Waals surface area contributed by atoms with E-state index in [1.807, 2.05) is 32.2 Å². The minimum Gasteiger partial charge on any atom is -0.618 e. The molecule has 2 aliphatic rings. The number of nitrogens with one attached hydrogen (secondary N) is 1. The van der Waals surface area contributed by atoms with Crippen molar-refractivity contribution in [3.8, 4) is 16.9 Å². The molecule has 2 aliphatic heterocycles. The number of rotatable bonds is 7. The molecule has 1 aromatic carbocycles. The lowest BCUT2D eigenvalue weighted by Crippen LogP contribution is -2.44. The number of piperidine rings is 1. The number of benzene rings is 1. The maximum Gasteiger partial charge on any atom is 0.410 e. The van der Waals surface area contributed by atoms with Crippen LogP contribution in [0.2, 0.25) is 5.02 Å². The van der Waals surface area contributed by atoms with Gasteiger partial charge in [-0.2, -0.15) is 9.83 Å². The second kappa shape index (κ2) is 10.3. The molecule has 3 aromatic rings. The van der Waals surface area contributed by atoms with Crippen molar-refractivity contribution < 1.29 is 23.8 Å². The van der Waals surface area contributed by atoms with Crippen LogP contribution < -0.4 is 14.8 Å². The number of nitrogens with zero attached hydrogens (tertiary/aromatic N) is 4. The highest BCUT2D eigenvalue weighted by molar-refractivity contribution is 6.30. The van der Waals surface area contributed by atoms with Crippen molar-refractivity contribution in [2.75, 3.05) is 13.2 Å². The van der Waals surface area contributed by atoms with E-state index in [2.05, 4.69) is 10.4 Å². The van der Waals surface area contributed by atoms with E-state index >= 15 is 0 Å². The molecule has 5 rings (SSSR count). The Bertz CT molecular complexity index is 1310. The summed E-state index contributed by atoms with van der Waals surface area (Å²) in [4.78, 5) is 26.6. The van der Waals surface area contributed by atoms with Gasteiger partial charge in [-0.25, -0.2) is 4.79 Å². The second-order valence-electron chi connectivity index (χ2n) is 9.56. The molecule has 4 heterocycles. The van der Waals surface area contributed by atoms with E-state index in [0.717, 1.165) is 5.56 Å². The van der Waals surface area contributed by atoms with Crippen LogP contribution in [0.3, 0.4) is 0 Å². The van der Waals surface area contributed by atoms with Crippen molar-refractivity contribution in [2.45, 2.75) is 51.4 Å². The number of cyclic esters (lactones) is 1. The van der Waals surface area contributed by atoms with Crippen molar-refractivity contribution in [2.24, 2.45) is 0 Å². The summed E-state index contributed by atoms with van der Waals surface area (Å²) in [5, 5.41) is 20.8. The number of amides is 2. The Morgan fingerprint density at radius 1 is 1.35 bits per heavy atom. The number of aromatic nitrogens is 3. The monoisotopic (exact) mass is 525 g/mol. The van der Waals surface area contributed by atoms with E-state index in [1.165, 1.54) is 12.3 Å². The highest BCUT2D eigenvalue weighted by Gasteiger charge is 2.39. The number of ether oxygens (including phenoxy) is 2. The molecule has 0 bridgehead atoms. The Balaban J connectivity index is 1.41. The molecular formula is C26H28ClN5O5. The van der Waals surface area contributed by atoms with Gasteiger partial charge in [0.1, 0.15) is 18.5 Å². The minimum atomic E-state index is -0.524. The first-order chi connectivity index (χ1) is 17.8. The summed E-state index contributed by atoms with van der Waals surface area (Å²) < 4.78 is 13.9. The Morgan fingerprint density at radius 2 is 2.14 bits per heavy atom. The summed E-state index contributed by atoms with van der Waals surface area (Å²) >= 11 is 5.93.